The maximum atomic E-state index is 5.46. The van der Waals surface area contributed by atoms with Crippen LogP contribution >= 0.6 is 0 Å². The molecular formula is C11H14O. The molecule has 0 radical (unpaired) electrons. The van der Waals surface area contributed by atoms with E-state index in [9.17, 15) is 0 Å². The molecule has 1 heteroatoms. The molecule has 1 aromatic rings. The molecule has 0 aromatic heterocycles. The minimum absolute atomic E-state index is 0.339. The number of hydrogen-bond donors (Lipinski definition) is 0. The van der Waals surface area contributed by atoms with Gasteiger partial charge in [0.2, 0.25) is 0 Å². The van der Waals surface area contributed by atoms with Crippen molar-refractivity contribution in [2.45, 2.75) is 18.9 Å². The summed E-state index contributed by atoms with van der Waals surface area (Å²) in [6, 6.07) is 10.5. The number of methoxy groups -OCH3 is 1. The van der Waals surface area contributed by atoms with Crippen molar-refractivity contribution in [2.75, 3.05) is 7.11 Å². The van der Waals surface area contributed by atoms with Crippen LogP contribution in [0.25, 0.3) is 0 Å². The van der Waals surface area contributed by atoms with Crippen LogP contribution in [0.4, 0.5) is 0 Å². The second-order valence-corrected chi connectivity index (χ2v) is 3.40. The average molecular weight is 162 g/mol. The Morgan fingerprint density at radius 1 is 1.25 bits per heavy atom. The first-order chi connectivity index (χ1) is 5.92. The standard InChI is InChI=1S/C11H14O/c1-12-11(10-7-8-10)9-5-3-2-4-6-9/h2-6,10-11H,7-8H2,1H3. The molecular weight excluding hydrogens is 148 g/mol. The van der Waals surface area contributed by atoms with Gasteiger partial charge in [-0.2, -0.15) is 0 Å². The van der Waals surface area contributed by atoms with Crippen LogP contribution in [0, 0.1) is 5.92 Å². The summed E-state index contributed by atoms with van der Waals surface area (Å²) >= 11 is 0. The van der Waals surface area contributed by atoms with E-state index < -0.39 is 0 Å². The van der Waals surface area contributed by atoms with Crippen molar-refractivity contribution >= 4 is 0 Å². The molecule has 0 saturated heterocycles. The molecule has 0 N–H and O–H groups in total. The lowest BCUT2D eigenvalue weighted by atomic mass is 10.1. The molecule has 0 spiro atoms. The second kappa shape index (κ2) is 3.28. The highest BCUT2D eigenvalue weighted by atomic mass is 16.5. The third-order valence-corrected chi connectivity index (χ3v) is 2.43. The lowest BCUT2D eigenvalue weighted by Gasteiger charge is -2.13. The maximum absolute atomic E-state index is 5.46. The summed E-state index contributed by atoms with van der Waals surface area (Å²) in [5.41, 5.74) is 1.32. The Bertz CT molecular complexity index is 238. The molecule has 1 aliphatic carbocycles. The van der Waals surface area contributed by atoms with E-state index in [0.717, 1.165) is 5.92 Å². The number of rotatable bonds is 3. The van der Waals surface area contributed by atoms with Gasteiger partial charge in [-0.15, -0.1) is 0 Å². The number of benzene rings is 1. The molecule has 1 unspecified atom stereocenters. The van der Waals surface area contributed by atoms with Crippen LogP contribution < -0.4 is 0 Å². The summed E-state index contributed by atoms with van der Waals surface area (Å²) in [6.45, 7) is 0. The third kappa shape index (κ3) is 1.51. The van der Waals surface area contributed by atoms with Crippen molar-refractivity contribution in [1.29, 1.82) is 0 Å². The van der Waals surface area contributed by atoms with Crippen LogP contribution in [0.1, 0.15) is 24.5 Å². The molecule has 1 fully saturated rings. The second-order valence-electron chi connectivity index (χ2n) is 3.40. The van der Waals surface area contributed by atoms with Crippen LogP contribution in [-0.4, -0.2) is 7.11 Å². The molecule has 1 saturated carbocycles. The fourth-order valence-electron chi connectivity index (χ4n) is 1.64. The van der Waals surface area contributed by atoms with E-state index >= 15 is 0 Å². The average Bonchev–Trinajstić information content (AvgIpc) is 2.92. The largest absolute Gasteiger partial charge is 0.376 e. The Balaban J connectivity index is 2.15. The van der Waals surface area contributed by atoms with Crippen molar-refractivity contribution in [1.82, 2.24) is 0 Å². The molecule has 1 nitrogen and oxygen atoms in total. The predicted octanol–water partition coefficient (Wildman–Crippen LogP) is 2.78. The van der Waals surface area contributed by atoms with Crippen molar-refractivity contribution < 1.29 is 4.74 Å². The molecule has 2 rings (SSSR count). The highest BCUT2D eigenvalue weighted by molar-refractivity contribution is 5.19. The van der Waals surface area contributed by atoms with Crippen molar-refractivity contribution in [3.05, 3.63) is 35.9 Å². The van der Waals surface area contributed by atoms with Gasteiger partial charge in [-0.3, -0.25) is 0 Å². The van der Waals surface area contributed by atoms with E-state index in [-0.39, 0.29) is 0 Å². The van der Waals surface area contributed by atoms with Gasteiger partial charge in [-0.1, -0.05) is 30.3 Å². The predicted molar refractivity (Wildman–Crippen MR) is 48.9 cm³/mol. The zero-order valence-electron chi connectivity index (χ0n) is 7.36. The van der Waals surface area contributed by atoms with Gasteiger partial charge >= 0.3 is 0 Å². The monoisotopic (exact) mass is 162 g/mol. The fourth-order valence-corrected chi connectivity index (χ4v) is 1.64. The summed E-state index contributed by atoms with van der Waals surface area (Å²) in [5.74, 6) is 0.775. The molecule has 0 aliphatic heterocycles. The molecule has 1 atom stereocenters. The van der Waals surface area contributed by atoms with Crippen molar-refractivity contribution in [2.24, 2.45) is 5.92 Å². The Morgan fingerprint density at radius 2 is 1.92 bits per heavy atom. The maximum Gasteiger partial charge on any atom is 0.0849 e. The van der Waals surface area contributed by atoms with E-state index in [1.54, 1.807) is 7.11 Å². The summed E-state index contributed by atoms with van der Waals surface area (Å²) in [7, 11) is 1.80. The van der Waals surface area contributed by atoms with Crippen LogP contribution in [0.2, 0.25) is 0 Å². The zero-order chi connectivity index (χ0) is 8.39. The van der Waals surface area contributed by atoms with E-state index in [2.05, 4.69) is 24.3 Å². The lowest BCUT2D eigenvalue weighted by Crippen LogP contribution is -2.02. The number of hydrogen-bond acceptors (Lipinski definition) is 1. The fraction of sp³-hybridized carbons (Fsp3) is 0.455. The molecule has 0 amide bonds. The summed E-state index contributed by atoms with van der Waals surface area (Å²) in [6.07, 6.45) is 2.99. The molecule has 0 heterocycles. The topological polar surface area (TPSA) is 9.23 Å². The first-order valence-corrected chi connectivity index (χ1v) is 4.49. The van der Waals surface area contributed by atoms with Crippen LogP contribution in [-0.2, 0) is 4.74 Å². The summed E-state index contributed by atoms with van der Waals surface area (Å²) < 4.78 is 5.46. The Hall–Kier alpha value is -0.820. The zero-order valence-corrected chi connectivity index (χ0v) is 7.36. The van der Waals surface area contributed by atoms with E-state index in [4.69, 9.17) is 4.74 Å². The Labute approximate surface area is 73.4 Å². The third-order valence-electron chi connectivity index (χ3n) is 2.43. The van der Waals surface area contributed by atoms with Gasteiger partial charge in [-0.05, 0) is 24.3 Å². The Kier molecular flexibility index (Phi) is 2.13. The van der Waals surface area contributed by atoms with Crippen molar-refractivity contribution in [3.8, 4) is 0 Å². The van der Waals surface area contributed by atoms with E-state index in [1.165, 1.54) is 18.4 Å². The van der Waals surface area contributed by atoms with Gasteiger partial charge in [0.15, 0.2) is 0 Å². The van der Waals surface area contributed by atoms with E-state index in [0.29, 0.717) is 6.10 Å². The van der Waals surface area contributed by atoms with E-state index in [1.807, 2.05) is 6.07 Å². The molecule has 64 valence electrons. The first kappa shape index (κ1) is 7.81. The van der Waals surface area contributed by atoms with Crippen LogP contribution in [0.15, 0.2) is 30.3 Å². The van der Waals surface area contributed by atoms with Gasteiger partial charge in [0.25, 0.3) is 0 Å². The molecule has 1 aromatic carbocycles. The molecule has 1 aliphatic rings. The minimum Gasteiger partial charge on any atom is -0.376 e. The van der Waals surface area contributed by atoms with Crippen molar-refractivity contribution in [3.63, 3.8) is 0 Å². The summed E-state index contributed by atoms with van der Waals surface area (Å²) in [5, 5.41) is 0. The van der Waals surface area contributed by atoms with Gasteiger partial charge in [-0.25, -0.2) is 0 Å². The molecule has 12 heavy (non-hydrogen) atoms. The summed E-state index contributed by atoms with van der Waals surface area (Å²) in [4.78, 5) is 0. The smallest absolute Gasteiger partial charge is 0.0849 e. The van der Waals surface area contributed by atoms with Gasteiger partial charge in [0.05, 0.1) is 6.10 Å². The Morgan fingerprint density at radius 3 is 2.42 bits per heavy atom. The normalized spacial score (nSPS) is 19.1. The minimum atomic E-state index is 0.339. The first-order valence-electron chi connectivity index (χ1n) is 4.49. The van der Waals surface area contributed by atoms with Gasteiger partial charge < -0.3 is 4.74 Å². The lowest BCUT2D eigenvalue weighted by molar-refractivity contribution is 0.0846. The van der Waals surface area contributed by atoms with Crippen LogP contribution in [0.3, 0.4) is 0 Å². The van der Waals surface area contributed by atoms with Crippen LogP contribution in [0.5, 0.6) is 0 Å². The van der Waals surface area contributed by atoms with Gasteiger partial charge in [0, 0.05) is 7.11 Å². The number of ether oxygens (including phenoxy) is 1. The quantitative estimate of drug-likeness (QED) is 0.664. The highest BCUT2D eigenvalue weighted by Crippen LogP contribution is 2.42. The molecule has 0 bridgehead atoms. The SMILES string of the molecule is COC(c1ccccc1)C1CC1. The highest BCUT2D eigenvalue weighted by Gasteiger charge is 2.31. The van der Waals surface area contributed by atoms with Gasteiger partial charge in [0.1, 0.15) is 0 Å².